The molecule has 0 saturated heterocycles. The van der Waals surface area contributed by atoms with Crippen LogP contribution in [0, 0.1) is 0 Å². The zero-order valence-corrected chi connectivity index (χ0v) is 14.4. The van der Waals surface area contributed by atoms with Crippen LogP contribution in [0.15, 0.2) is 0 Å². The highest BCUT2D eigenvalue weighted by Gasteiger charge is 2.42. The molecule has 1 saturated carbocycles. The second-order valence-electron chi connectivity index (χ2n) is 5.88. The molecule has 0 spiro atoms. The summed E-state index contributed by atoms with van der Waals surface area (Å²) in [6.45, 7) is 0.583. The molecule has 1 aliphatic rings. The third-order valence-electron chi connectivity index (χ3n) is 4.40. The first-order valence-electron chi connectivity index (χ1n) is 7.07. The van der Waals surface area contributed by atoms with Crippen LogP contribution >= 0.6 is 0 Å². The first kappa shape index (κ1) is 18.3. The number of nitrogens with zero attached hydrogens (tertiary/aromatic N) is 3. The van der Waals surface area contributed by atoms with Crippen LogP contribution in [0.2, 0.25) is 0 Å². The SMILES string of the molecule is COC(=O)CCN(C)S(=O)(=O)N(C)CC1(N(C)C)CCC1. The molecule has 0 aromatic heterocycles. The van der Waals surface area contributed by atoms with E-state index in [1.807, 2.05) is 14.1 Å². The van der Waals surface area contributed by atoms with Gasteiger partial charge in [-0.2, -0.15) is 17.0 Å². The van der Waals surface area contributed by atoms with Crippen LogP contribution in [0.4, 0.5) is 0 Å². The van der Waals surface area contributed by atoms with Gasteiger partial charge in [-0.05, 0) is 33.4 Å². The van der Waals surface area contributed by atoms with Gasteiger partial charge in [0.1, 0.15) is 0 Å². The number of hydrogen-bond donors (Lipinski definition) is 0. The maximum absolute atomic E-state index is 12.5. The number of carbonyl (C=O) groups is 1. The summed E-state index contributed by atoms with van der Waals surface area (Å²) in [7, 11) is 4.79. The van der Waals surface area contributed by atoms with E-state index in [1.165, 1.54) is 22.8 Å². The standard InChI is InChI=1S/C13H27N3O4S/c1-14(2)13(8-6-9-13)11-16(4)21(18,19)15(3)10-7-12(17)20-5/h6-11H2,1-5H3. The molecule has 1 fully saturated rings. The Kier molecular flexibility index (Phi) is 6.15. The van der Waals surface area contributed by atoms with Crippen molar-refractivity contribution in [3.8, 4) is 0 Å². The third-order valence-corrected chi connectivity index (χ3v) is 6.28. The molecule has 0 atom stereocenters. The van der Waals surface area contributed by atoms with E-state index in [1.54, 1.807) is 7.05 Å². The molecule has 124 valence electrons. The fraction of sp³-hybridized carbons (Fsp3) is 0.923. The van der Waals surface area contributed by atoms with Gasteiger partial charge in [-0.1, -0.05) is 0 Å². The van der Waals surface area contributed by atoms with Crippen molar-refractivity contribution in [2.75, 3.05) is 48.4 Å². The van der Waals surface area contributed by atoms with Gasteiger partial charge >= 0.3 is 5.97 Å². The minimum Gasteiger partial charge on any atom is -0.469 e. The number of methoxy groups -OCH3 is 1. The van der Waals surface area contributed by atoms with E-state index in [0.717, 1.165) is 19.3 Å². The molecule has 1 aliphatic carbocycles. The smallest absolute Gasteiger partial charge is 0.306 e. The number of hydrogen-bond acceptors (Lipinski definition) is 5. The average Bonchev–Trinajstić information content (AvgIpc) is 2.38. The third kappa shape index (κ3) is 4.15. The van der Waals surface area contributed by atoms with Crippen LogP contribution in [0.3, 0.4) is 0 Å². The van der Waals surface area contributed by atoms with Gasteiger partial charge in [0.05, 0.1) is 13.5 Å². The van der Waals surface area contributed by atoms with Crippen molar-refractivity contribution in [1.29, 1.82) is 0 Å². The summed E-state index contributed by atoms with van der Waals surface area (Å²) >= 11 is 0. The summed E-state index contributed by atoms with van der Waals surface area (Å²) < 4.78 is 32.0. The maximum atomic E-state index is 12.5. The molecule has 0 amide bonds. The summed E-state index contributed by atoms with van der Waals surface area (Å²) in [6.07, 6.45) is 3.20. The summed E-state index contributed by atoms with van der Waals surface area (Å²) in [6, 6.07) is 0. The van der Waals surface area contributed by atoms with Gasteiger partial charge < -0.3 is 9.64 Å². The van der Waals surface area contributed by atoms with Crippen molar-refractivity contribution < 1.29 is 17.9 Å². The van der Waals surface area contributed by atoms with E-state index < -0.39 is 16.2 Å². The fourth-order valence-corrected chi connectivity index (χ4v) is 3.73. The van der Waals surface area contributed by atoms with Crippen molar-refractivity contribution in [1.82, 2.24) is 13.5 Å². The number of esters is 1. The minimum atomic E-state index is -3.55. The summed E-state index contributed by atoms with van der Waals surface area (Å²) in [5, 5.41) is 0. The lowest BCUT2D eigenvalue weighted by molar-refractivity contribution is -0.140. The predicted molar refractivity (Wildman–Crippen MR) is 81.1 cm³/mol. The number of ether oxygens (including phenoxy) is 1. The Hall–Kier alpha value is -0.700. The quantitative estimate of drug-likeness (QED) is 0.595. The molecule has 21 heavy (non-hydrogen) atoms. The first-order chi connectivity index (χ1) is 9.65. The second kappa shape index (κ2) is 7.04. The lowest BCUT2D eigenvalue weighted by Crippen LogP contribution is -2.58. The second-order valence-corrected chi connectivity index (χ2v) is 8.03. The van der Waals surface area contributed by atoms with Crippen molar-refractivity contribution in [3.63, 3.8) is 0 Å². The molecular formula is C13H27N3O4S. The topological polar surface area (TPSA) is 70.2 Å². The molecule has 1 rings (SSSR count). The number of rotatable bonds is 8. The average molecular weight is 321 g/mol. The van der Waals surface area contributed by atoms with Crippen molar-refractivity contribution in [2.45, 2.75) is 31.2 Å². The zero-order chi connectivity index (χ0) is 16.3. The number of likely N-dealkylation sites (N-methyl/N-ethyl adjacent to an activating group) is 2. The monoisotopic (exact) mass is 321 g/mol. The Bertz CT molecular complexity index is 460. The van der Waals surface area contributed by atoms with E-state index in [4.69, 9.17) is 0 Å². The van der Waals surface area contributed by atoms with E-state index in [0.29, 0.717) is 6.54 Å². The minimum absolute atomic E-state index is 0.0545. The lowest BCUT2D eigenvalue weighted by atomic mass is 9.75. The molecule has 7 nitrogen and oxygen atoms in total. The van der Waals surface area contributed by atoms with Gasteiger partial charge in [0.2, 0.25) is 0 Å². The Labute approximate surface area is 128 Å². The van der Waals surface area contributed by atoms with E-state index in [-0.39, 0.29) is 18.5 Å². The summed E-state index contributed by atoms with van der Waals surface area (Å²) in [4.78, 5) is 13.2. The molecule has 0 bridgehead atoms. The predicted octanol–water partition coefficient (Wildman–Crippen LogP) is 0.142. The van der Waals surface area contributed by atoms with Crippen LogP contribution in [0.5, 0.6) is 0 Å². The van der Waals surface area contributed by atoms with Gasteiger partial charge in [-0.15, -0.1) is 0 Å². The van der Waals surface area contributed by atoms with E-state index in [9.17, 15) is 13.2 Å². The molecular weight excluding hydrogens is 294 g/mol. The molecule has 0 heterocycles. The van der Waals surface area contributed by atoms with Crippen molar-refractivity contribution in [2.24, 2.45) is 0 Å². The summed E-state index contributed by atoms with van der Waals surface area (Å²) in [5.74, 6) is -0.413. The van der Waals surface area contributed by atoms with Crippen LogP contribution < -0.4 is 0 Å². The Balaban J connectivity index is 2.66. The largest absolute Gasteiger partial charge is 0.469 e. The van der Waals surface area contributed by atoms with Gasteiger partial charge in [0.15, 0.2) is 0 Å². The number of carbonyl (C=O) groups excluding carboxylic acids is 1. The summed E-state index contributed by atoms with van der Waals surface area (Å²) in [5.41, 5.74) is -0.0645. The molecule has 0 N–H and O–H groups in total. The van der Waals surface area contributed by atoms with Gasteiger partial charge in [0.25, 0.3) is 10.2 Å². The van der Waals surface area contributed by atoms with Crippen LogP contribution in [-0.4, -0.2) is 81.8 Å². The Morgan fingerprint density at radius 3 is 2.10 bits per heavy atom. The highest BCUT2D eigenvalue weighted by molar-refractivity contribution is 7.86. The normalized spacial score (nSPS) is 18.1. The van der Waals surface area contributed by atoms with Crippen LogP contribution in [0.1, 0.15) is 25.7 Å². The highest BCUT2D eigenvalue weighted by Crippen LogP contribution is 2.37. The first-order valence-corrected chi connectivity index (χ1v) is 8.47. The molecule has 0 aliphatic heterocycles. The molecule has 0 unspecified atom stereocenters. The fourth-order valence-electron chi connectivity index (χ4n) is 2.53. The molecule has 0 aromatic carbocycles. The lowest BCUT2D eigenvalue weighted by Gasteiger charge is -2.49. The van der Waals surface area contributed by atoms with Gasteiger partial charge in [-0.3, -0.25) is 4.79 Å². The van der Waals surface area contributed by atoms with Gasteiger partial charge in [-0.25, -0.2) is 0 Å². The molecule has 8 heteroatoms. The van der Waals surface area contributed by atoms with Crippen molar-refractivity contribution >= 4 is 16.2 Å². The van der Waals surface area contributed by atoms with E-state index in [2.05, 4.69) is 9.64 Å². The Morgan fingerprint density at radius 2 is 1.71 bits per heavy atom. The molecule has 0 radical (unpaired) electrons. The van der Waals surface area contributed by atoms with E-state index >= 15 is 0 Å². The van der Waals surface area contributed by atoms with Crippen LogP contribution in [0.25, 0.3) is 0 Å². The van der Waals surface area contributed by atoms with Crippen molar-refractivity contribution in [3.05, 3.63) is 0 Å². The Morgan fingerprint density at radius 1 is 1.14 bits per heavy atom. The zero-order valence-electron chi connectivity index (χ0n) is 13.6. The van der Waals surface area contributed by atoms with Gasteiger partial charge in [0, 0.05) is 32.7 Å². The molecule has 0 aromatic rings. The maximum Gasteiger partial charge on any atom is 0.306 e. The van der Waals surface area contributed by atoms with Crippen LogP contribution in [-0.2, 0) is 19.7 Å². The highest BCUT2D eigenvalue weighted by atomic mass is 32.2.